The number of benzene rings is 1. The highest BCUT2D eigenvalue weighted by Crippen LogP contribution is 2.66. The third kappa shape index (κ3) is 5.80. The highest BCUT2D eigenvalue weighted by molar-refractivity contribution is 5.97. The number of unbranched alkanes of at least 4 members (excludes halogenated alkanes) is 2. The number of nitrogens with one attached hydrogen (secondary N) is 1. The maximum atomic E-state index is 12.6. The Hall–Kier alpha value is -1.79. The molecule has 4 rings (SSSR count). The fraction of sp³-hybridized carbons (Fsp3) is 0.733. The summed E-state index contributed by atoms with van der Waals surface area (Å²) in [4.78, 5) is 20.7. The molecular weight excluding hydrogens is 486 g/mol. The van der Waals surface area contributed by atoms with Crippen LogP contribution in [0.5, 0.6) is 5.75 Å². The lowest BCUT2D eigenvalue weighted by Crippen LogP contribution is -2.58. The smallest absolute Gasteiger partial charge is 0.437 e. The van der Waals surface area contributed by atoms with Gasteiger partial charge in [0.1, 0.15) is 5.75 Å². The molecule has 1 heterocycles. The Morgan fingerprint density at radius 1 is 1.08 bits per heavy atom. The van der Waals surface area contributed by atoms with Crippen molar-refractivity contribution in [2.75, 3.05) is 32.1 Å². The van der Waals surface area contributed by atoms with Crippen LogP contribution in [0.4, 0.5) is 10.5 Å². The lowest BCUT2D eigenvalue weighted by molar-refractivity contribution is -0.0265. The minimum Gasteiger partial charge on any atom is -0.497 e. The first-order valence-electron chi connectivity index (χ1n) is 14.1. The van der Waals surface area contributed by atoms with E-state index >= 15 is 0 Å². The van der Waals surface area contributed by atoms with Crippen LogP contribution in [0.2, 0.25) is 0 Å². The predicted octanol–water partition coefficient (Wildman–Crippen LogP) is 7.78. The van der Waals surface area contributed by atoms with Crippen molar-refractivity contribution in [1.29, 1.82) is 0 Å². The summed E-state index contributed by atoms with van der Waals surface area (Å²) in [6.45, 7) is 15.2. The summed E-state index contributed by atoms with van der Waals surface area (Å²) in [5.41, 5.74) is 2.38. The molecule has 0 aromatic heterocycles. The molecule has 3 unspecified atom stereocenters. The molecular formula is C30H48ClN3O3. The molecule has 2 saturated carbocycles. The van der Waals surface area contributed by atoms with Crippen LogP contribution in [0, 0.1) is 28.1 Å². The van der Waals surface area contributed by atoms with Gasteiger partial charge in [0.25, 0.3) is 0 Å². The maximum Gasteiger partial charge on any atom is 0.437 e. The number of likely N-dealkylation sites (tertiary alicyclic amines) is 1. The molecule has 208 valence electrons. The van der Waals surface area contributed by atoms with Crippen LogP contribution < -0.4 is 10.1 Å². The summed E-state index contributed by atoms with van der Waals surface area (Å²) in [5.74, 6) is 1.67. The normalized spacial score (nSPS) is 28.4. The van der Waals surface area contributed by atoms with E-state index in [0.29, 0.717) is 22.9 Å². The fourth-order valence-corrected chi connectivity index (χ4v) is 7.44. The Kier molecular flexibility index (Phi) is 9.61. The Morgan fingerprint density at radius 2 is 1.70 bits per heavy atom. The molecule has 7 heteroatoms. The molecule has 3 atom stereocenters. The number of carbonyl (C=O) groups excluding carboxylic acids is 1. The molecule has 6 nitrogen and oxygen atoms in total. The maximum absolute atomic E-state index is 12.6. The molecule has 1 amide bonds. The first kappa shape index (κ1) is 29.8. The van der Waals surface area contributed by atoms with Gasteiger partial charge in [-0.2, -0.15) is 0 Å². The van der Waals surface area contributed by atoms with E-state index in [9.17, 15) is 4.79 Å². The van der Waals surface area contributed by atoms with Gasteiger partial charge in [0.2, 0.25) is 0 Å². The fourth-order valence-electron chi connectivity index (χ4n) is 7.44. The summed E-state index contributed by atoms with van der Waals surface area (Å²) < 4.78 is 5.19. The molecule has 3 aliphatic rings. The Morgan fingerprint density at radius 3 is 2.27 bits per heavy atom. The predicted molar refractivity (Wildman–Crippen MR) is 154 cm³/mol. The Labute approximate surface area is 230 Å². The number of halogens is 1. The van der Waals surface area contributed by atoms with E-state index < -0.39 is 6.09 Å². The van der Waals surface area contributed by atoms with Gasteiger partial charge >= 0.3 is 6.09 Å². The quantitative estimate of drug-likeness (QED) is 0.233. The van der Waals surface area contributed by atoms with Crippen molar-refractivity contribution in [3.8, 4) is 5.75 Å². The van der Waals surface area contributed by atoms with Crippen molar-refractivity contribution < 1.29 is 14.4 Å². The number of nitrogens with zero attached hydrogens (tertiary/aromatic N) is 2. The number of ether oxygens (including phenoxy) is 1. The van der Waals surface area contributed by atoms with Gasteiger partial charge in [-0.3, -0.25) is 10.2 Å². The number of anilines is 1. The molecule has 1 N–H and O–H groups in total. The molecule has 2 aliphatic carbocycles. The van der Waals surface area contributed by atoms with Crippen LogP contribution in [-0.4, -0.2) is 43.4 Å². The van der Waals surface area contributed by atoms with Gasteiger partial charge < -0.3 is 9.64 Å². The van der Waals surface area contributed by atoms with E-state index in [2.05, 4.69) is 50.0 Å². The number of oxime groups is 1. The van der Waals surface area contributed by atoms with Crippen LogP contribution >= 0.6 is 12.4 Å². The van der Waals surface area contributed by atoms with Crippen LogP contribution in [0.1, 0.15) is 86.0 Å². The standard InChI is InChI=1S/C30H47N3O3.ClH/c1-7-9-16-30(17-10-8-2)20-33(21-30)19-24-25-15-18-29(5,28(25,3)4)26(24)32-36-27(34)31-22-11-13-23(35-6)14-12-22;/h11-14,24-25H,7-10,15-21H2,1-6H3,(H,31,34);1H. The van der Waals surface area contributed by atoms with Crippen LogP contribution in [0.25, 0.3) is 0 Å². The van der Waals surface area contributed by atoms with E-state index in [1.807, 2.05) is 12.1 Å². The van der Waals surface area contributed by atoms with Crippen molar-refractivity contribution in [3.63, 3.8) is 0 Å². The lowest BCUT2D eigenvalue weighted by atomic mass is 9.70. The number of carbonyl (C=O) groups is 1. The van der Waals surface area contributed by atoms with Crippen LogP contribution in [0.3, 0.4) is 0 Å². The van der Waals surface area contributed by atoms with E-state index in [0.717, 1.165) is 24.4 Å². The van der Waals surface area contributed by atoms with Crippen molar-refractivity contribution in [2.45, 2.75) is 86.0 Å². The number of hydrogen-bond acceptors (Lipinski definition) is 5. The minimum atomic E-state index is -0.544. The number of amides is 1. The number of fused-ring (bicyclic) bond motifs is 2. The van der Waals surface area contributed by atoms with E-state index in [4.69, 9.17) is 9.57 Å². The zero-order valence-corrected chi connectivity index (χ0v) is 24.6. The minimum absolute atomic E-state index is 0. The zero-order chi connectivity index (χ0) is 26.0. The number of hydrogen-bond donors (Lipinski definition) is 1. The van der Waals surface area contributed by atoms with Crippen LogP contribution in [0.15, 0.2) is 29.4 Å². The second-order valence-corrected chi connectivity index (χ2v) is 12.4. The molecule has 1 aromatic carbocycles. The van der Waals surface area contributed by atoms with Crippen molar-refractivity contribution >= 4 is 29.9 Å². The number of methoxy groups -OCH3 is 1. The molecule has 1 aliphatic heterocycles. The monoisotopic (exact) mass is 533 g/mol. The SMILES string of the molecule is CCCCC1(CCCC)CN(CC2C(=NOC(=O)Nc3ccc(OC)cc3)C3(C)CCC2C3(C)C)C1.Cl. The molecule has 0 spiro atoms. The molecule has 1 aromatic rings. The van der Waals surface area contributed by atoms with Gasteiger partial charge in [-0.15, -0.1) is 12.4 Å². The second kappa shape index (κ2) is 11.9. The summed E-state index contributed by atoms with van der Waals surface area (Å²) in [6.07, 6.45) is 9.72. The van der Waals surface area contributed by atoms with Crippen LogP contribution in [-0.2, 0) is 4.84 Å². The summed E-state index contributed by atoms with van der Waals surface area (Å²) in [7, 11) is 1.62. The van der Waals surface area contributed by atoms with Gasteiger partial charge in [-0.1, -0.05) is 65.5 Å². The molecule has 1 saturated heterocycles. The molecule has 37 heavy (non-hydrogen) atoms. The van der Waals surface area contributed by atoms with E-state index in [-0.39, 0.29) is 23.2 Å². The number of rotatable bonds is 11. The van der Waals surface area contributed by atoms with E-state index in [1.54, 1.807) is 19.2 Å². The third-order valence-electron chi connectivity index (χ3n) is 9.96. The second-order valence-electron chi connectivity index (χ2n) is 12.4. The van der Waals surface area contributed by atoms with E-state index in [1.165, 1.54) is 58.0 Å². The van der Waals surface area contributed by atoms with Gasteiger partial charge in [-0.05, 0) is 66.7 Å². The Balaban J connectivity index is 0.00000380. The largest absolute Gasteiger partial charge is 0.497 e. The van der Waals surface area contributed by atoms with Crippen molar-refractivity contribution in [3.05, 3.63) is 24.3 Å². The van der Waals surface area contributed by atoms with Crippen molar-refractivity contribution in [2.24, 2.45) is 33.2 Å². The molecule has 3 fully saturated rings. The molecule has 2 bridgehead atoms. The van der Waals surface area contributed by atoms with Gasteiger partial charge in [0, 0.05) is 36.7 Å². The lowest BCUT2D eigenvalue weighted by Gasteiger charge is -2.52. The first-order valence-corrected chi connectivity index (χ1v) is 14.1. The highest BCUT2D eigenvalue weighted by Gasteiger charge is 2.65. The Bertz CT molecular complexity index is 932. The third-order valence-corrected chi connectivity index (χ3v) is 9.96. The summed E-state index contributed by atoms with van der Waals surface area (Å²) >= 11 is 0. The zero-order valence-electron chi connectivity index (χ0n) is 23.8. The average molecular weight is 534 g/mol. The molecule has 0 radical (unpaired) electrons. The van der Waals surface area contributed by atoms with Gasteiger partial charge in [-0.25, -0.2) is 4.79 Å². The van der Waals surface area contributed by atoms with Crippen molar-refractivity contribution in [1.82, 2.24) is 4.90 Å². The van der Waals surface area contributed by atoms with Gasteiger partial charge in [0.15, 0.2) is 0 Å². The summed E-state index contributed by atoms with van der Waals surface area (Å²) in [5, 5.41) is 7.37. The topological polar surface area (TPSA) is 63.2 Å². The first-order chi connectivity index (χ1) is 17.2. The highest BCUT2D eigenvalue weighted by atomic mass is 35.5. The van der Waals surface area contributed by atoms with Gasteiger partial charge in [0.05, 0.1) is 12.8 Å². The summed E-state index contributed by atoms with van der Waals surface area (Å²) in [6, 6.07) is 7.21. The average Bonchev–Trinajstić information content (AvgIpc) is 3.16.